The van der Waals surface area contributed by atoms with E-state index in [-0.39, 0.29) is 38.7 Å². The molecular formula is C25H26FN7O5. The van der Waals surface area contributed by atoms with Crippen molar-refractivity contribution in [2.24, 2.45) is 5.41 Å². The van der Waals surface area contributed by atoms with E-state index in [0.717, 1.165) is 4.90 Å². The number of nitrogens with one attached hydrogen (secondary N) is 2. The fourth-order valence-corrected chi connectivity index (χ4v) is 3.85. The van der Waals surface area contributed by atoms with Gasteiger partial charge in [0.25, 0.3) is 0 Å². The Hall–Kier alpha value is -4.41. The number of benzene rings is 1. The van der Waals surface area contributed by atoms with Crippen LogP contribution in [0.4, 0.5) is 10.3 Å². The van der Waals surface area contributed by atoms with Gasteiger partial charge >= 0.3 is 5.97 Å². The van der Waals surface area contributed by atoms with Crippen LogP contribution in [0.3, 0.4) is 0 Å². The largest absolute Gasteiger partial charge is 0.481 e. The molecule has 13 heteroatoms. The highest BCUT2D eigenvalue weighted by Crippen LogP contribution is 2.36. The smallest absolute Gasteiger partial charge is 0.305 e. The van der Waals surface area contributed by atoms with Crippen LogP contribution in [0.2, 0.25) is 0 Å². The fourth-order valence-electron chi connectivity index (χ4n) is 3.85. The molecule has 38 heavy (non-hydrogen) atoms. The normalized spacial score (nSPS) is 18.9. The summed E-state index contributed by atoms with van der Waals surface area (Å²) in [5.41, 5.74) is 0.938. The molecule has 2 aromatic heterocycles. The van der Waals surface area contributed by atoms with Crippen LogP contribution < -0.4 is 5.32 Å². The molecule has 1 aromatic carbocycles. The number of nitriles is 1. The molecule has 12 nitrogen and oxygen atoms in total. The van der Waals surface area contributed by atoms with Crippen molar-refractivity contribution < 1.29 is 28.6 Å². The first-order valence-electron chi connectivity index (χ1n) is 11.8. The molecule has 1 aliphatic rings. The Balaban J connectivity index is 1.62. The van der Waals surface area contributed by atoms with Crippen molar-refractivity contribution in [3.63, 3.8) is 0 Å². The molecule has 3 heterocycles. The summed E-state index contributed by atoms with van der Waals surface area (Å²) in [6, 6.07) is 7.42. The molecule has 0 bridgehead atoms. The Morgan fingerprint density at radius 2 is 1.97 bits per heavy atom. The van der Waals surface area contributed by atoms with Gasteiger partial charge in [-0.2, -0.15) is 5.26 Å². The summed E-state index contributed by atoms with van der Waals surface area (Å²) in [5.74, 6) is -1.22. The fraction of sp³-hybridized carbons (Fsp3) is 0.360. The zero-order valence-electron chi connectivity index (χ0n) is 20.8. The zero-order chi connectivity index (χ0) is 27.3. The zero-order valence-corrected chi connectivity index (χ0v) is 20.8. The number of carbonyl (C=O) groups excluding carboxylic acids is 1. The van der Waals surface area contributed by atoms with Crippen molar-refractivity contribution >= 4 is 17.8 Å². The quantitative estimate of drug-likeness (QED) is 0.280. The van der Waals surface area contributed by atoms with E-state index in [2.05, 4.69) is 25.3 Å². The van der Waals surface area contributed by atoms with Gasteiger partial charge in [0, 0.05) is 24.8 Å². The second-order valence-electron chi connectivity index (χ2n) is 8.85. The first-order valence-corrected chi connectivity index (χ1v) is 11.8. The van der Waals surface area contributed by atoms with E-state index >= 15 is 0 Å². The maximum Gasteiger partial charge on any atom is 0.305 e. The number of aromatic amines is 1. The molecule has 1 aliphatic heterocycles. The second-order valence-corrected chi connectivity index (χ2v) is 8.85. The molecule has 1 fully saturated rings. The number of amides is 1. The van der Waals surface area contributed by atoms with Gasteiger partial charge in [-0.15, -0.1) is 0 Å². The molecule has 4 rings (SSSR count). The average Bonchev–Trinajstić information content (AvgIpc) is 3.36. The minimum absolute atomic E-state index is 0.00173. The second kappa shape index (κ2) is 11.3. The van der Waals surface area contributed by atoms with E-state index < -0.39 is 29.4 Å². The Labute approximate surface area is 217 Å². The SMILES string of the molecule is CCN(C#N)C(=O)C1(C)COC(c2nc(-c3ccc(F)cc3)c(-c3ccnc(NCCC(=O)O)n3)[nH]2)OC1. The van der Waals surface area contributed by atoms with Crippen molar-refractivity contribution in [3.8, 4) is 28.8 Å². The molecule has 0 radical (unpaired) electrons. The Bertz CT molecular complexity index is 1350. The highest BCUT2D eigenvalue weighted by Gasteiger charge is 2.43. The van der Waals surface area contributed by atoms with E-state index in [4.69, 9.17) is 14.6 Å². The number of imidazole rings is 1. The number of rotatable bonds is 9. The molecule has 3 N–H and O–H groups in total. The number of anilines is 1. The number of ether oxygens (including phenoxy) is 2. The van der Waals surface area contributed by atoms with Crippen LogP contribution >= 0.6 is 0 Å². The predicted molar refractivity (Wildman–Crippen MR) is 132 cm³/mol. The lowest BCUT2D eigenvalue weighted by Crippen LogP contribution is -2.48. The number of carboxylic acids is 1. The summed E-state index contributed by atoms with van der Waals surface area (Å²) in [6.07, 6.45) is 2.34. The maximum absolute atomic E-state index is 13.6. The number of nitrogens with zero attached hydrogens (tertiary/aromatic N) is 5. The minimum atomic E-state index is -1.04. The third-order valence-corrected chi connectivity index (χ3v) is 5.90. The molecule has 0 spiro atoms. The van der Waals surface area contributed by atoms with E-state index in [1.807, 2.05) is 6.19 Å². The minimum Gasteiger partial charge on any atom is -0.481 e. The van der Waals surface area contributed by atoms with Crippen LogP contribution in [0.5, 0.6) is 0 Å². The summed E-state index contributed by atoms with van der Waals surface area (Å²) in [5, 5.41) is 21.0. The third kappa shape index (κ3) is 5.77. The number of H-pyrrole nitrogens is 1. The van der Waals surface area contributed by atoms with Crippen LogP contribution in [0.1, 0.15) is 32.4 Å². The molecule has 0 atom stereocenters. The van der Waals surface area contributed by atoms with Gasteiger partial charge < -0.3 is 24.9 Å². The number of aromatic nitrogens is 4. The molecule has 0 unspecified atom stereocenters. The van der Waals surface area contributed by atoms with Crippen LogP contribution in [0.25, 0.3) is 22.6 Å². The molecule has 3 aromatic rings. The van der Waals surface area contributed by atoms with Crippen LogP contribution in [0.15, 0.2) is 36.5 Å². The predicted octanol–water partition coefficient (Wildman–Crippen LogP) is 2.94. The first-order chi connectivity index (χ1) is 18.2. The summed E-state index contributed by atoms with van der Waals surface area (Å²) in [7, 11) is 0. The molecule has 1 saturated heterocycles. The van der Waals surface area contributed by atoms with Crippen molar-refractivity contribution in [3.05, 3.63) is 48.2 Å². The van der Waals surface area contributed by atoms with Crippen LogP contribution in [-0.4, -0.2) is 68.1 Å². The van der Waals surface area contributed by atoms with Gasteiger partial charge in [0.05, 0.1) is 42.1 Å². The summed E-state index contributed by atoms with van der Waals surface area (Å²) in [4.78, 5) is 41.0. The lowest BCUT2D eigenvalue weighted by Gasteiger charge is -2.36. The number of aliphatic carboxylic acids is 1. The summed E-state index contributed by atoms with van der Waals surface area (Å²) in [6.45, 7) is 3.76. The monoisotopic (exact) mass is 523 g/mol. The maximum atomic E-state index is 13.6. The van der Waals surface area contributed by atoms with Gasteiger partial charge in [0.2, 0.25) is 18.1 Å². The third-order valence-electron chi connectivity index (χ3n) is 5.90. The van der Waals surface area contributed by atoms with Crippen molar-refractivity contribution in [2.75, 3.05) is 31.6 Å². The van der Waals surface area contributed by atoms with E-state index in [0.29, 0.717) is 28.5 Å². The summed E-state index contributed by atoms with van der Waals surface area (Å²) >= 11 is 0. The van der Waals surface area contributed by atoms with Gasteiger partial charge in [0.15, 0.2) is 12.0 Å². The van der Waals surface area contributed by atoms with Gasteiger partial charge in [-0.25, -0.2) is 24.2 Å². The lowest BCUT2D eigenvalue weighted by atomic mass is 9.90. The van der Waals surface area contributed by atoms with Crippen molar-refractivity contribution in [1.82, 2.24) is 24.8 Å². The topological polar surface area (TPSA) is 166 Å². The number of hydrogen-bond donors (Lipinski definition) is 3. The first kappa shape index (κ1) is 26.6. The number of hydrogen-bond acceptors (Lipinski definition) is 9. The molecule has 198 valence electrons. The van der Waals surface area contributed by atoms with E-state index in [1.54, 1.807) is 32.0 Å². The standard InChI is InChI=1S/C25H26FN7O5/c1-3-33(14-27)23(36)25(2)12-37-22(38-13-25)21-31-19(15-4-6-16(26)7-5-15)20(32-21)17-8-10-28-24(30-17)29-11-9-18(34)35/h4-8,10,22H,3,9,11-13H2,1-2H3,(H,31,32)(H,34,35)(H,28,29,30). The highest BCUT2D eigenvalue weighted by atomic mass is 19.1. The number of carboxylic acid groups (broad SMARTS) is 1. The highest BCUT2D eigenvalue weighted by molar-refractivity contribution is 5.84. The Morgan fingerprint density at radius 3 is 2.61 bits per heavy atom. The molecular weight excluding hydrogens is 497 g/mol. The molecule has 0 aliphatic carbocycles. The molecule has 0 saturated carbocycles. The average molecular weight is 524 g/mol. The summed E-state index contributed by atoms with van der Waals surface area (Å²) < 4.78 is 25.3. The number of halogens is 1. The molecule has 1 amide bonds. The van der Waals surface area contributed by atoms with Crippen molar-refractivity contribution in [1.29, 1.82) is 5.26 Å². The Kier molecular flexibility index (Phi) is 7.94. The van der Waals surface area contributed by atoms with E-state index in [9.17, 15) is 19.2 Å². The lowest BCUT2D eigenvalue weighted by molar-refractivity contribution is -0.233. The van der Waals surface area contributed by atoms with Gasteiger partial charge in [0.1, 0.15) is 5.82 Å². The Morgan fingerprint density at radius 1 is 1.26 bits per heavy atom. The number of carbonyl (C=O) groups is 2. The van der Waals surface area contributed by atoms with Gasteiger partial charge in [-0.1, -0.05) is 0 Å². The van der Waals surface area contributed by atoms with E-state index in [1.165, 1.54) is 18.3 Å². The van der Waals surface area contributed by atoms with Crippen LogP contribution in [0, 0.1) is 22.7 Å². The van der Waals surface area contributed by atoms with Crippen molar-refractivity contribution in [2.45, 2.75) is 26.6 Å². The van der Waals surface area contributed by atoms with Gasteiger partial charge in [-0.3, -0.25) is 9.59 Å². The van der Waals surface area contributed by atoms with Gasteiger partial charge in [-0.05, 0) is 44.2 Å². The van der Waals surface area contributed by atoms with Crippen LogP contribution in [-0.2, 0) is 19.1 Å².